The number of ether oxygens (including phenoxy) is 2. The van der Waals surface area contributed by atoms with Gasteiger partial charge in [0.05, 0.1) is 24.3 Å². The maximum atomic E-state index is 12.3. The van der Waals surface area contributed by atoms with Gasteiger partial charge in [-0.2, -0.15) is 0 Å². The number of carbonyl (C=O) groups is 2. The number of hydrogen-bond donors (Lipinski definition) is 1. The number of aryl methyl sites for hydroxylation is 1. The van der Waals surface area contributed by atoms with E-state index in [-0.39, 0.29) is 24.3 Å². The van der Waals surface area contributed by atoms with E-state index in [1.165, 1.54) is 0 Å². The summed E-state index contributed by atoms with van der Waals surface area (Å²) in [6.07, 6.45) is 0.509. The molecule has 5 heteroatoms. The Hall–Kier alpha value is -2.56. The number of benzene rings is 1. The summed E-state index contributed by atoms with van der Waals surface area (Å²) in [5.74, 6) is -1.02. The van der Waals surface area contributed by atoms with E-state index in [0.29, 0.717) is 17.8 Å². The second-order valence-electron chi connectivity index (χ2n) is 5.08. The normalized spacial score (nSPS) is 10.4. The third-order valence-corrected chi connectivity index (χ3v) is 3.45. The van der Waals surface area contributed by atoms with Crippen LogP contribution >= 0.6 is 0 Å². The lowest BCUT2D eigenvalue weighted by Gasteiger charge is -2.07. The lowest BCUT2D eigenvalue weighted by Crippen LogP contribution is -2.14. The third-order valence-electron chi connectivity index (χ3n) is 3.45. The fourth-order valence-corrected chi connectivity index (χ4v) is 2.51. The summed E-state index contributed by atoms with van der Waals surface area (Å²) < 4.78 is 10.2. The van der Waals surface area contributed by atoms with Gasteiger partial charge in [0.25, 0.3) is 0 Å². The standard InChI is InChI=1S/C18H21NO4/c1-4-22-17(20)15-12(3)19-14(16(15)18(21)23-5-2)11-13-9-7-6-8-10-13/h6-10,19H,4-5,11H2,1-3H3. The van der Waals surface area contributed by atoms with Crippen molar-refractivity contribution < 1.29 is 19.1 Å². The molecule has 0 saturated heterocycles. The highest BCUT2D eigenvalue weighted by Gasteiger charge is 2.27. The molecular weight excluding hydrogens is 294 g/mol. The van der Waals surface area contributed by atoms with Crippen molar-refractivity contribution >= 4 is 11.9 Å². The van der Waals surface area contributed by atoms with Crippen molar-refractivity contribution in [3.05, 3.63) is 58.4 Å². The number of rotatable bonds is 6. The highest BCUT2D eigenvalue weighted by Crippen LogP contribution is 2.23. The van der Waals surface area contributed by atoms with E-state index in [1.54, 1.807) is 20.8 Å². The Morgan fingerprint density at radius 1 is 0.957 bits per heavy atom. The maximum Gasteiger partial charge on any atom is 0.340 e. The lowest BCUT2D eigenvalue weighted by molar-refractivity contribution is 0.0479. The first-order valence-electron chi connectivity index (χ1n) is 7.68. The van der Waals surface area contributed by atoms with E-state index in [0.717, 1.165) is 5.56 Å². The quantitative estimate of drug-likeness (QED) is 0.831. The van der Waals surface area contributed by atoms with Crippen LogP contribution in [-0.4, -0.2) is 30.1 Å². The molecule has 0 radical (unpaired) electrons. The number of H-pyrrole nitrogens is 1. The topological polar surface area (TPSA) is 68.4 Å². The summed E-state index contributed by atoms with van der Waals surface area (Å²) in [5, 5.41) is 0. The zero-order valence-electron chi connectivity index (χ0n) is 13.6. The molecular formula is C18H21NO4. The van der Waals surface area contributed by atoms with Crippen LogP contribution in [0.25, 0.3) is 0 Å². The monoisotopic (exact) mass is 315 g/mol. The SMILES string of the molecule is CCOC(=O)c1c(C)[nH]c(Cc2ccccc2)c1C(=O)OCC. The summed E-state index contributed by atoms with van der Waals surface area (Å²) in [7, 11) is 0. The van der Waals surface area contributed by atoms with Crippen LogP contribution < -0.4 is 0 Å². The van der Waals surface area contributed by atoms with Crippen molar-refractivity contribution in [3.63, 3.8) is 0 Å². The number of nitrogens with one attached hydrogen (secondary N) is 1. The predicted molar refractivity (Wildman–Crippen MR) is 86.7 cm³/mol. The predicted octanol–water partition coefficient (Wildman–Crippen LogP) is 3.27. The van der Waals surface area contributed by atoms with Gasteiger partial charge in [-0.05, 0) is 26.3 Å². The summed E-state index contributed by atoms with van der Waals surface area (Å²) in [5.41, 5.74) is 2.84. The molecule has 0 atom stereocenters. The van der Waals surface area contributed by atoms with Crippen LogP contribution in [0.2, 0.25) is 0 Å². The van der Waals surface area contributed by atoms with Crippen molar-refractivity contribution in [3.8, 4) is 0 Å². The van der Waals surface area contributed by atoms with Crippen LogP contribution in [0, 0.1) is 6.92 Å². The Morgan fingerprint density at radius 3 is 2.09 bits per heavy atom. The first-order valence-corrected chi connectivity index (χ1v) is 7.68. The minimum absolute atomic E-state index is 0.246. The van der Waals surface area contributed by atoms with Gasteiger partial charge in [0.1, 0.15) is 0 Å². The molecule has 0 unspecified atom stereocenters. The molecule has 0 saturated carbocycles. The molecule has 0 aliphatic carbocycles. The van der Waals surface area contributed by atoms with E-state index < -0.39 is 11.9 Å². The van der Waals surface area contributed by atoms with Gasteiger partial charge >= 0.3 is 11.9 Å². The van der Waals surface area contributed by atoms with Crippen LogP contribution in [0.4, 0.5) is 0 Å². The molecule has 2 aromatic rings. The third kappa shape index (κ3) is 3.80. The molecule has 0 fully saturated rings. The zero-order chi connectivity index (χ0) is 16.8. The molecule has 1 heterocycles. The van der Waals surface area contributed by atoms with Crippen molar-refractivity contribution in [1.29, 1.82) is 0 Å². The Bertz CT molecular complexity index is 689. The van der Waals surface area contributed by atoms with E-state index in [4.69, 9.17) is 9.47 Å². The molecule has 1 N–H and O–H groups in total. The first kappa shape index (κ1) is 16.8. The number of aromatic nitrogens is 1. The van der Waals surface area contributed by atoms with Gasteiger partial charge in [-0.15, -0.1) is 0 Å². The fourth-order valence-electron chi connectivity index (χ4n) is 2.51. The Labute approximate surface area is 135 Å². The maximum absolute atomic E-state index is 12.3. The molecule has 23 heavy (non-hydrogen) atoms. The number of carbonyl (C=O) groups excluding carboxylic acids is 2. The highest BCUT2D eigenvalue weighted by molar-refractivity contribution is 6.05. The van der Waals surface area contributed by atoms with Gasteiger partial charge in [0.15, 0.2) is 0 Å². The van der Waals surface area contributed by atoms with E-state index in [2.05, 4.69) is 4.98 Å². The Morgan fingerprint density at radius 2 is 1.52 bits per heavy atom. The number of aromatic amines is 1. The molecule has 0 amide bonds. The number of hydrogen-bond acceptors (Lipinski definition) is 4. The van der Waals surface area contributed by atoms with Crippen molar-refractivity contribution in [2.24, 2.45) is 0 Å². The second kappa shape index (κ2) is 7.63. The van der Waals surface area contributed by atoms with Crippen LogP contribution in [-0.2, 0) is 15.9 Å². The van der Waals surface area contributed by atoms with E-state index in [9.17, 15) is 9.59 Å². The van der Waals surface area contributed by atoms with Crippen LogP contribution in [0.1, 0.15) is 51.5 Å². The molecule has 1 aromatic heterocycles. The first-order chi connectivity index (χ1) is 11.1. The molecule has 0 aliphatic rings. The van der Waals surface area contributed by atoms with Crippen molar-refractivity contribution in [2.45, 2.75) is 27.2 Å². The van der Waals surface area contributed by atoms with E-state index >= 15 is 0 Å². The molecule has 1 aromatic carbocycles. The summed E-state index contributed by atoms with van der Waals surface area (Å²) in [4.78, 5) is 27.7. The van der Waals surface area contributed by atoms with Gasteiger partial charge in [-0.1, -0.05) is 30.3 Å². The zero-order valence-corrected chi connectivity index (χ0v) is 13.6. The van der Waals surface area contributed by atoms with Gasteiger partial charge < -0.3 is 14.5 Å². The lowest BCUT2D eigenvalue weighted by atomic mass is 10.0. The minimum atomic E-state index is -0.511. The van der Waals surface area contributed by atoms with Crippen molar-refractivity contribution in [2.75, 3.05) is 13.2 Å². The molecule has 2 rings (SSSR count). The highest BCUT2D eigenvalue weighted by atomic mass is 16.5. The van der Waals surface area contributed by atoms with Gasteiger partial charge in [0.2, 0.25) is 0 Å². The largest absolute Gasteiger partial charge is 0.462 e. The van der Waals surface area contributed by atoms with Crippen LogP contribution in [0.5, 0.6) is 0 Å². The fraction of sp³-hybridized carbons (Fsp3) is 0.333. The second-order valence-corrected chi connectivity index (χ2v) is 5.08. The van der Waals surface area contributed by atoms with Crippen LogP contribution in [0.3, 0.4) is 0 Å². The molecule has 0 bridgehead atoms. The van der Waals surface area contributed by atoms with Gasteiger partial charge in [-0.25, -0.2) is 9.59 Å². The Balaban J connectivity index is 2.47. The number of esters is 2. The summed E-state index contributed by atoms with van der Waals surface area (Å²) in [6.45, 7) is 5.71. The van der Waals surface area contributed by atoms with Crippen molar-refractivity contribution in [1.82, 2.24) is 4.98 Å². The van der Waals surface area contributed by atoms with Gasteiger partial charge in [0, 0.05) is 17.8 Å². The smallest absolute Gasteiger partial charge is 0.340 e. The molecule has 0 aliphatic heterocycles. The van der Waals surface area contributed by atoms with E-state index in [1.807, 2.05) is 30.3 Å². The minimum Gasteiger partial charge on any atom is -0.462 e. The Kier molecular flexibility index (Phi) is 5.57. The average molecular weight is 315 g/mol. The summed E-state index contributed by atoms with van der Waals surface area (Å²) >= 11 is 0. The molecule has 0 spiro atoms. The summed E-state index contributed by atoms with van der Waals surface area (Å²) in [6, 6.07) is 9.73. The van der Waals surface area contributed by atoms with Crippen LogP contribution in [0.15, 0.2) is 30.3 Å². The average Bonchev–Trinajstić information content (AvgIpc) is 2.85. The molecule has 5 nitrogen and oxygen atoms in total. The van der Waals surface area contributed by atoms with Gasteiger partial charge in [-0.3, -0.25) is 0 Å². The molecule has 122 valence electrons.